The minimum Gasteiger partial charge on any atom is -0.436 e. The van der Waals surface area contributed by atoms with E-state index in [0.29, 0.717) is 5.56 Å². The number of pyridine rings is 1. The van der Waals surface area contributed by atoms with Crippen molar-refractivity contribution in [3.8, 4) is 11.6 Å². The lowest BCUT2D eigenvalue weighted by molar-refractivity contribution is 0.419. The quantitative estimate of drug-likeness (QED) is 0.773. The fraction of sp³-hybridized carbons (Fsp3) is 0.214. The Labute approximate surface area is 115 Å². The van der Waals surface area contributed by atoms with Crippen LogP contribution in [0.2, 0.25) is 0 Å². The smallest absolute Gasteiger partial charge is 0.224 e. The molecule has 0 unspecified atom stereocenters. The third-order valence-corrected chi connectivity index (χ3v) is 2.94. The van der Waals surface area contributed by atoms with Gasteiger partial charge in [0.1, 0.15) is 5.82 Å². The van der Waals surface area contributed by atoms with E-state index in [1.54, 1.807) is 6.92 Å². The van der Waals surface area contributed by atoms with E-state index in [9.17, 15) is 8.78 Å². The molecule has 0 atom stereocenters. The van der Waals surface area contributed by atoms with E-state index < -0.39 is 11.6 Å². The molecule has 0 bridgehead atoms. The Morgan fingerprint density at radius 3 is 2.58 bits per heavy atom. The van der Waals surface area contributed by atoms with Gasteiger partial charge in [-0.1, -0.05) is 0 Å². The number of aromatic nitrogens is 1. The summed E-state index contributed by atoms with van der Waals surface area (Å²) in [4.78, 5) is 4.20. The van der Waals surface area contributed by atoms with Crippen LogP contribution in [0, 0.1) is 25.5 Å². The molecule has 0 aliphatic heterocycles. The Kier molecular flexibility index (Phi) is 4.00. The van der Waals surface area contributed by atoms with Crippen LogP contribution < -0.4 is 4.74 Å². The van der Waals surface area contributed by atoms with Gasteiger partial charge in [-0.25, -0.2) is 13.8 Å². The summed E-state index contributed by atoms with van der Waals surface area (Å²) in [6.07, 6.45) is 0. The summed E-state index contributed by atoms with van der Waals surface area (Å²) in [5, 5.41) is 0. The fourth-order valence-electron chi connectivity index (χ4n) is 1.74. The fourth-order valence-corrected chi connectivity index (χ4v) is 2.06. The number of alkyl halides is 1. The SMILES string of the molecule is Cc1cc(C)c(CCl)c(Oc2ccc(F)cc2F)n1. The predicted molar refractivity (Wildman–Crippen MR) is 69.7 cm³/mol. The van der Waals surface area contributed by atoms with E-state index in [-0.39, 0.29) is 17.5 Å². The maximum absolute atomic E-state index is 13.5. The van der Waals surface area contributed by atoms with Gasteiger partial charge in [0, 0.05) is 17.3 Å². The molecule has 0 amide bonds. The van der Waals surface area contributed by atoms with E-state index in [4.69, 9.17) is 16.3 Å². The lowest BCUT2D eigenvalue weighted by Crippen LogP contribution is -1.99. The van der Waals surface area contributed by atoms with Crippen LogP contribution in [0.25, 0.3) is 0 Å². The van der Waals surface area contributed by atoms with Crippen molar-refractivity contribution in [1.29, 1.82) is 0 Å². The maximum Gasteiger partial charge on any atom is 0.224 e. The lowest BCUT2D eigenvalue weighted by Gasteiger charge is -2.12. The highest BCUT2D eigenvalue weighted by Gasteiger charge is 2.13. The second-order valence-corrected chi connectivity index (χ2v) is 4.44. The Bertz CT molecular complexity index is 617. The number of halogens is 3. The molecule has 0 N–H and O–H groups in total. The van der Waals surface area contributed by atoms with Gasteiger partial charge in [-0.3, -0.25) is 0 Å². The molecule has 2 aromatic rings. The van der Waals surface area contributed by atoms with Crippen LogP contribution >= 0.6 is 11.6 Å². The number of rotatable bonds is 3. The highest BCUT2D eigenvalue weighted by atomic mass is 35.5. The van der Waals surface area contributed by atoms with Crippen LogP contribution in [0.15, 0.2) is 24.3 Å². The van der Waals surface area contributed by atoms with Gasteiger partial charge < -0.3 is 4.74 Å². The monoisotopic (exact) mass is 283 g/mol. The number of benzene rings is 1. The van der Waals surface area contributed by atoms with Gasteiger partial charge in [-0.05, 0) is 37.6 Å². The molecule has 0 radical (unpaired) electrons. The number of hydrogen-bond donors (Lipinski definition) is 0. The second-order valence-electron chi connectivity index (χ2n) is 4.17. The summed E-state index contributed by atoms with van der Waals surface area (Å²) in [5.74, 6) is -1.06. The van der Waals surface area contributed by atoms with Crippen LogP contribution in [0.1, 0.15) is 16.8 Å². The topological polar surface area (TPSA) is 22.1 Å². The van der Waals surface area contributed by atoms with Crippen LogP contribution in [0.4, 0.5) is 8.78 Å². The van der Waals surface area contributed by atoms with Crippen molar-refractivity contribution in [2.75, 3.05) is 0 Å². The van der Waals surface area contributed by atoms with E-state index >= 15 is 0 Å². The van der Waals surface area contributed by atoms with E-state index in [1.807, 2.05) is 13.0 Å². The largest absolute Gasteiger partial charge is 0.436 e. The van der Waals surface area contributed by atoms with E-state index in [1.165, 1.54) is 6.07 Å². The maximum atomic E-state index is 13.5. The Morgan fingerprint density at radius 2 is 1.95 bits per heavy atom. The number of ether oxygens (including phenoxy) is 1. The number of aryl methyl sites for hydroxylation is 2. The zero-order chi connectivity index (χ0) is 14.0. The first kappa shape index (κ1) is 13.7. The summed E-state index contributed by atoms with van der Waals surface area (Å²) in [6, 6.07) is 4.98. The molecule has 0 spiro atoms. The lowest BCUT2D eigenvalue weighted by atomic mass is 10.1. The molecular formula is C14H12ClF2NO. The Hall–Kier alpha value is -1.68. The first-order valence-corrected chi connectivity index (χ1v) is 6.20. The molecule has 0 fully saturated rings. The highest BCUT2D eigenvalue weighted by Crippen LogP contribution is 2.29. The molecule has 1 aromatic carbocycles. The first-order chi connectivity index (χ1) is 9.01. The number of nitrogens with zero attached hydrogens (tertiary/aromatic N) is 1. The van der Waals surface area contributed by atoms with Gasteiger partial charge in [-0.15, -0.1) is 11.6 Å². The molecule has 1 heterocycles. The second kappa shape index (κ2) is 5.53. The minimum atomic E-state index is -0.776. The average Bonchev–Trinajstić information content (AvgIpc) is 2.32. The van der Waals surface area contributed by atoms with Crippen molar-refractivity contribution in [3.05, 3.63) is 52.7 Å². The summed E-state index contributed by atoms with van der Waals surface area (Å²) < 4.78 is 31.8. The van der Waals surface area contributed by atoms with Crippen LogP contribution in [0.3, 0.4) is 0 Å². The minimum absolute atomic E-state index is 0.0785. The van der Waals surface area contributed by atoms with Crippen molar-refractivity contribution >= 4 is 11.6 Å². The summed E-state index contributed by atoms with van der Waals surface area (Å²) in [7, 11) is 0. The summed E-state index contributed by atoms with van der Waals surface area (Å²) in [6.45, 7) is 3.68. The molecule has 19 heavy (non-hydrogen) atoms. The van der Waals surface area contributed by atoms with Gasteiger partial charge in [0.2, 0.25) is 5.88 Å². The van der Waals surface area contributed by atoms with Crippen LogP contribution in [-0.2, 0) is 5.88 Å². The predicted octanol–water partition coefficient (Wildman–Crippen LogP) is 4.51. The highest BCUT2D eigenvalue weighted by molar-refractivity contribution is 6.17. The van der Waals surface area contributed by atoms with Gasteiger partial charge in [0.05, 0.1) is 5.88 Å². The van der Waals surface area contributed by atoms with E-state index in [0.717, 1.165) is 23.4 Å². The Morgan fingerprint density at radius 1 is 1.21 bits per heavy atom. The summed E-state index contributed by atoms with van der Waals surface area (Å²) >= 11 is 5.85. The molecule has 2 nitrogen and oxygen atoms in total. The van der Waals surface area contributed by atoms with Crippen LogP contribution in [0.5, 0.6) is 11.6 Å². The van der Waals surface area contributed by atoms with Crippen LogP contribution in [-0.4, -0.2) is 4.98 Å². The number of hydrogen-bond acceptors (Lipinski definition) is 2. The molecule has 1 aromatic heterocycles. The van der Waals surface area contributed by atoms with Gasteiger partial charge in [0.25, 0.3) is 0 Å². The molecule has 5 heteroatoms. The molecule has 0 saturated heterocycles. The molecule has 0 aliphatic rings. The van der Waals surface area contributed by atoms with Gasteiger partial charge >= 0.3 is 0 Å². The molecule has 0 aliphatic carbocycles. The zero-order valence-electron chi connectivity index (χ0n) is 10.5. The van der Waals surface area contributed by atoms with Crippen molar-refractivity contribution in [1.82, 2.24) is 4.98 Å². The Balaban J connectivity index is 2.42. The van der Waals surface area contributed by atoms with Crippen molar-refractivity contribution in [3.63, 3.8) is 0 Å². The molecule has 2 rings (SSSR count). The van der Waals surface area contributed by atoms with Crippen molar-refractivity contribution < 1.29 is 13.5 Å². The third kappa shape index (κ3) is 3.01. The van der Waals surface area contributed by atoms with E-state index in [2.05, 4.69) is 4.98 Å². The molecular weight excluding hydrogens is 272 g/mol. The van der Waals surface area contributed by atoms with Crippen molar-refractivity contribution in [2.24, 2.45) is 0 Å². The third-order valence-electron chi connectivity index (χ3n) is 2.67. The van der Waals surface area contributed by atoms with Gasteiger partial charge in [-0.2, -0.15) is 0 Å². The van der Waals surface area contributed by atoms with Gasteiger partial charge in [0.15, 0.2) is 11.6 Å². The average molecular weight is 284 g/mol. The summed E-state index contributed by atoms with van der Waals surface area (Å²) in [5.41, 5.74) is 2.35. The normalized spacial score (nSPS) is 10.6. The molecule has 0 saturated carbocycles. The zero-order valence-corrected chi connectivity index (χ0v) is 11.3. The standard InChI is InChI=1S/C14H12ClF2NO/c1-8-5-9(2)18-14(11(8)7-15)19-13-4-3-10(16)6-12(13)17/h3-6H,7H2,1-2H3. The van der Waals surface area contributed by atoms with Crippen molar-refractivity contribution in [2.45, 2.75) is 19.7 Å². The first-order valence-electron chi connectivity index (χ1n) is 5.67. The molecule has 100 valence electrons.